The smallest absolute Gasteiger partial charge is 0.330 e. The van der Waals surface area contributed by atoms with Crippen LogP contribution in [0.5, 0.6) is 0 Å². The standard InChI is InChI=1S/C11H22N2O3/c1-5-8(7-12)6-9(14)13-11(2,3)10(15)16-4/h8H,5-7,12H2,1-4H3,(H,13,14). The van der Waals surface area contributed by atoms with Crippen molar-refractivity contribution < 1.29 is 14.3 Å². The predicted octanol–water partition coefficient (Wildman–Crippen LogP) is 0.429. The first-order chi connectivity index (χ1) is 7.37. The van der Waals surface area contributed by atoms with E-state index >= 15 is 0 Å². The summed E-state index contributed by atoms with van der Waals surface area (Å²) in [5, 5.41) is 2.64. The quantitative estimate of drug-likeness (QED) is 0.648. The lowest BCUT2D eigenvalue weighted by Gasteiger charge is -2.24. The largest absolute Gasteiger partial charge is 0.467 e. The Morgan fingerprint density at radius 2 is 2.00 bits per heavy atom. The normalized spacial score (nSPS) is 13.1. The Labute approximate surface area is 96.7 Å². The molecule has 5 heteroatoms. The van der Waals surface area contributed by atoms with E-state index in [4.69, 9.17) is 5.73 Å². The molecule has 0 aliphatic rings. The molecule has 0 spiro atoms. The predicted molar refractivity (Wildman–Crippen MR) is 61.7 cm³/mol. The Balaban J connectivity index is 4.28. The fraction of sp³-hybridized carbons (Fsp3) is 0.818. The SMILES string of the molecule is CCC(CN)CC(=O)NC(C)(C)C(=O)OC. The van der Waals surface area contributed by atoms with Crippen molar-refractivity contribution in [1.29, 1.82) is 0 Å². The Kier molecular flexibility index (Phi) is 6.03. The Morgan fingerprint density at radius 1 is 1.44 bits per heavy atom. The van der Waals surface area contributed by atoms with Crippen molar-refractivity contribution in [1.82, 2.24) is 5.32 Å². The van der Waals surface area contributed by atoms with E-state index in [9.17, 15) is 9.59 Å². The van der Waals surface area contributed by atoms with E-state index in [-0.39, 0.29) is 11.8 Å². The summed E-state index contributed by atoms with van der Waals surface area (Å²) in [7, 11) is 1.30. The molecule has 0 aliphatic heterocycles. The minimum Gasteiger partial charge on any atom is -0.467 e. The lowest BCUT2D eigenvalue weighted by Crippen LogP contribution is -2.50. The topological polar surface area (TPSA) is 81.4 Å². The molecule has 1 unspecified atom stereocenters. The number of hydrogen-bond donors (Lipinski definition) is 2. The van der Waals surface area contributed by atoms with E-state index < -0.39 is 11.5 Å². The molecule has 5 nitrogen and oxygen atoms in total. The number of esters is 1. The highest BCUT2D eigenvalue weighted by Gasteiger charge is 2.30. The molecule has 0 fully saturated rings. The molecule has 1 atom stereocenters. The number of methoxy groups -OCH3 is 1. The van der Waals surface area contributed by atoms with Crippen LogP contribution in [0.3, 0.4) is 0 Å². The van der Waals surface area contributed by atoms with Crippen LogP contribution in [0.2, 0.25) is 0 Å². The number of ether oxygens (including phenoxy) is 1. The summed E-state index contributed by atoms with van der Waals surface area (Å²) >= 11 is 0. The van der Waals surface area contributed by atoms with Crippen molar-refractivity contribution in [2.45, 2.75) is 39.2 Å². The first-order valence-corrected chi connectivity index (χ1v) is 5.46. The van der Waals surface area contributed by atoms with Crippen LogP contribution in [-0.4, -0.2) is 31.1 Å². The molecule has 0 bridgehead atoms. The second kappa shape index (κ2) is 6.48. The maximum Gasteiger partial charge on any atom is 0.330 e. The maximum atomic E-state index is 11.6. The van der Waals surface area contributed by atoms with Gasteiger partial charge in [0.05, 0.1) is 7.11 Å². The number of carbonyl (C=O) groups excluding carboxylic acids is 2. The van der Waals surface area contributed by atoms with E-state index in [0.29, 0.717) is 13.0 Å². The van der Waals surface area contributed by atoms with Crippen LogP contribution >= 0.6 is 0 Å². The summed E-state index contributed by atoms with van der Waals surface area (Å²) < 4.78 is 4.60. The van der Waals surface area contributed by atoms with E-state index in [0.717, 1.165) is 6.42 Å². The molecule has 0 aliphatic carbocycles. The minimum atomic E-state index is -0.987. The van der Waals surface area contributed by atoms with Gasteiger partial charge in [0.2, 0.25) is 5.91 Å². The molecule has 0 saturated heterocycles. The van der Waals surface area contributed by atoms with E-state index in [1.165, 1.54) is 7.11 Å². The van der Waals surface area contributed by atoms with E-state index in [1.807, 2.05) is 6.92 Å². The zero-order valence-electron chi connectivity index (χ0n) is 10.5. The van der Waals surface area contributed by atoms with Gasteiger partial charge in [-0.3, -0.25) is 4.79 Å². The van der Waals surface area contributed by atoms with Gasteiger partial charge in [0.25, 0.3) is 0 Å². The van der Waals surface area contributed by atoms with Gasteiger partial charge in [-0.1, -0.05) is 13.3 Å². The zero-order valence-corrected chi connectivity index (χ0v) is 10.5. The number of carbonyl (C=O) groups is 2. The van der Waals surface area contributed by atoms with Gasteiger partial charge in [0.15, 0.2) is 0 Å². The van der Waals surface area contributed by atoms with Gasteiger partial charge in [0.1, 0.15) is 5.54 Å². The monoisotopic (exact) mass is 230 g/mol. The molecule has 0 rings (SSSR count). The zero-order chi connectivity index (χ0) is 12.8. The molecular formula is C11H22N2O3. The average molecular weight is 230 g/mol. The summed E-state index contributed by atoms with van der Waals surface area (Å²) in [6.45, 7) is 5.68. The fourth-order valence-electron chi connectivity index (χ4n) is 1.36. The first kappa shape index (κ1) is 14.9. The molecule has 1 amide bonds. The third-order valence-corrected chi connectivity index (χ3v) is 2.53. The third kappa shape index (κ3) is 4.61. The van der Waals surface area contributed by atoms with Crippen molar-refractivity contribution >= 4 is 11.9 Å². The minimum absolute atomic E-state index is 0.161. The second-order valence-electron chi connectivity index (χ2n) is 4.38. The van der Waals surface area contributed by atoms with Crippen molar-refractivity contribution in [2.24, 2.45) is 11.7 Å². The van der Waals surface area contributed by atoms with Crippen molar-refractivity contribution in [3.8, 4) is 0 Å². The maximum absolute atomic E-state index is 11.6. The summed E-state index contributed by atoms with van der Waals surface area (Å²) in [6, 6.07) is 0. The summed E-state index contributed by atoms with van der Waals surface area (Å²) in [5.41, 5.74) is 4.52. The van der Waals surface area contributed by atoms with Gasteiger partial charge in [-0.05, 0) is 26.3 Å². The molecular weight excluding hydrogens is 208 g/mol. The van der Waals surface area contributed by atoms with Gasteiger partial charge in [-0.15, -0.1) is 0 Å². The van der Waals surface area contributed by atoms with Crippen LogP contribution in [0.15, 0.2) is 0 Å². The molecule has 0 heterocycles. The van der Waals surface area contributed by atoms with Gasteiger partial charge >= 0.3 is 5.97 Å². The number of nitrogens with two attached hydrogens (primary N) is 1. The lowest BCUT2D eigenvalue weighted by molar-refractivity contribution is -0.149. The van der Waals surface area contributed by atoms with Crippen LogP contribution in [0.25, 0.3) is 0 Å². The highest BCUT2D eigenvalue weighted by atomic mass is 16.5. The summed E-state index contributed by atoms with van der Waals surface area (Å²) in [5.74, 6) is -0.470. The van der Waals surface area contributed by atoms with E-state index in [2.05, 4.69) is 10.1 Å². The van der Waals surface area contributed by atoms with Gasteiger partial charge in [0, 0.05) is 6.42 Å². The van der Waals surface area contributed by atoms with Crippen LogP contribution in [0.4, 0.5) is 0 Å². The highest BCUT2D eigenvalue weighted by molar-refractivity contribution is 5.87. The van der Waals surface area contributed by atoms with Gasteiger partial charge < -0.3 is 15.8 Å². The average Bonchev–Trinajstić information content (AvgIpc) is 2.23. The van der Waals surface area contributed by atoms with Crippen LogP contribution in [-0.2, 0) is 14.3 Å². The Morgan fingerprint density at radius 3 is 2.38 bits per heavy atom. The Bertz CT molecular complexity index is 248. The highest BCUT2D eigenvalue weighted by Crippen LogP contribution is 2.09. The Hall–Kier alpha value is -1.10. The number of amides is 1. The van der Waals surface area contributed by atoms with E-state index in [1.54, 1.807) is 13.8 Å². The lowest BCUT2D eigenvalue weighted by atomic mass is 10.0. The van der Waals surface area contributed by atoms with Crippen LogP contribution in [0, 0.1) is 5.92 Å². The van der Waals surface area contributed by atoms with Crippen molar-refractivity contribution in [3.63, 3.8) is 0 Å². The summed E-state index contributed by atoms with van der Waals surface area (Å²) in [4.78, 5) is 23.0. The van der Waals surface area contributed by atoms with Crippen molar-refractivity contribution in [2.75, 3.05) is 13.7 Å². The van der Waals surface area contributed by atoms with Crippen LogP contribution in [0.1, 0.15) is 33.6 Å². The van der Waals surface area contributed by atoms with Crippen molar-refractivity contribution in [3.05, 3.63) is 0 Å². The fourth-order valence-corrected chi connectivity index (χ4v) is 1.36. The number of rotatable bonds is 6. The molecule has 0 saturated carbocycles. The van der Waals surface area contributed by atoms with Gasteiger partial charge in [-0.2, -0.15) is 0 Å². The molecule has 0 aromatic heterocycles. The molecule has 0 radical (unpaired) electrons. The van der Waals surface area contributed by atoms with Gasteiger partial charge in [-0.25, -0.2) is 4.79 Å². The molecule has 3 N–H and O–H groups in total. The molecule has 0 aromatic carbocycles. The molecule has 0 aromatic rings. The molecule has 16 heavy (non-hydrogen) atoms. The van der Waals surface area contributed by atoms with Crippen LogP contribution < -0.4 is 11.1 Å². The summed E-state index contributed by atoms with van der Waals surface area (Å²) in [6.07, 6.45) is 1.19. The molecule has 94 valence electrons. The second-order valence-corrected chi connectivity index (χ2v) is 4.38. The number of nitrogens with one attached hydrogen (secondary N) is 1. The first-order valence-electron chi connectivity index (χ1n) is 5.46. The number of hydrogen-bond acceptors (Lipinski definition) is 4. The third-order valence-electron chi connectivity index (χ3n) is 2.53.